The molecule has 4 aliphatic rings. The molecule has 1 unspecified atom stereocenters. The number of amides is 2. The fourth-order valence-corrected chi connectivity index (χ4v) is 8.36. The molecular formula is C25H28N4O5S2. The van der Waals surface area contributed by atoms with Crippen LogP contribution < -0.4 is 9.80 Å². The molecule has 2 amide bonds. The Kier molecular flexibility index (Phi) is 6.08. The first-order valence-corrected chi connectivity index (χ1v) is 14.6. The Morgan fingerprint density at radius 1 is 0.917 bits per heavy atom. The van der Waals surface area contributed by atoms with Crippen LogP contribution in [0, 0.1) is 0 Å². The molecule has 0 saturated carbocycles. The molecule has 3 fully saturated rings. The fraction of sp³-hybridized carbons (Fsp3) is 0.440. The van der Waals surface area contributed by atoms with Crippen molar-refractivity contribution in [3.8, 4) is 0 Å². The summed E-state index contributed by atoms with van der Waals surface area (Å²) in [6.45, 7) is 4.21. The number of thioether (sulfide) groups is 1. The predicted molar refractivity (Wildman–Crippen MR) is 137 cm³/mol. The zero-order valence-corrected chi connectivity index (χ0v) is 21.5. The molecule has 1 atom stereocenters. The van der Waals surface area contributed by atoms with E-state index in [1.54, 1.807) is 34.1 Å². The van der Waals surface area contributed by atoms with E-state index in [4.69, 9.17) is 4.74 Å². The Bertz CT molecular complexity index is 1290. The van der Waals surface area contributed by atoms with E-state index >= 15 is 0 Å². The van der Waals surface area contributed by atoms with Gasteiger partial charge in [-0.2, -0.15) is 4.31 Å². The summed E-state index contributed by atoms with van der Waals surface area (Å²) in [4.78, 5) is 31.9. The van der Waals surface area contributed by atoms with Crippen molar-refractivity contribution < 1.29 is 22.7 Å². The van der Waals surface area contributed by atoms with Crippen LogP contribution in [0.15, 0.2) is 53.4 Å². The lowest BCUT2D eigenvalue weighted by Gasteiger charge is -2.35. The Morgan fingerprint density at radius 3 is 2.33 bits per heavy atom. The van der Waals surface area contributed by atoms with Crippen LogP contribution in [0.1, 0.15) is 18.4 Å². The first-order chi connectivity index (χ1) is 17.4. The number of morpholine rings is 1. The number of anilines is 2. The van der Waals surface area contributed by atoms with Gasteiger partial charge in [0.1, 0.15) is 0 Å². The van der Waals surface area contributed by atoms with Gasteiger partial charge in [-0.05, 0) is 43.2 Å². The van der Waals surface area contributed by atoms with Crippen molar-refractivity contribution >= 4 is 45.0 Å². The van der Waals surface area contributed by atoms with Crippen molar-refractivity contribution in [1.82, 2.24) is 9.21 Å². The molecule has 190 valence electrons. The van der Waals surface area contributed by atoms with Crippen LogP contribution in [0.5, 0.6) is 0 Å². The van der Waals surface area contributed by atoms with E-state index < -0.39 is 14.9 Å². The fourth-order valence-electron chi connectivity index (χ4n) is 5.48. The van der Waals surface area contributed by atoms with Gasteiger partial charge in [-0.15, -0.1) is 11.8 Å². The third-order valence-electron chi connectivity index (χ3n) is 7.31. The molecule has 0 radical (unpaired) electrons. The Morgan fingerprint density at radius 2 is 1.61 bits per heavy atom. The SMILES string of the molecule is O=C1CSC2(C(=O)N(CN3CCOCC3)c3ccccc32)N1c1ccc(S(=O)(=O)N2CCCC2)cc1. The van der Waals surface area contributed by atoms with Gasteiger partial charge in [0.15, 0.2) is 0 Å². The van der Waals surface area contributed by atoms with E-state index in [-0.39, 0.29) is 22.5 Å². The molecule has 0 aromatic heterocycles. The van der Waals surface area contributed by atoms with Gasteiger partial charge in [-0.25, -0.2) is 8.42 Å². The summed E-state index contributed by atoms with van der Waals surface area (Å²) in [5.74, 6) is -0.162. The summed E-state index contributed by atoms with van der Waals surface area (Å²) in [5.41, 5.74) is 2.10. The molecule has 0 N–H and O–H groups in total. The molecule has 9 nitrogen and oxygen atoms in total. The minimum atomic E-state index is -3.57. The highest BCUT2D eigenvalue weighted by Gasteiger charge is 2.61. The maximum Gasteiger partial charge on any atom is 0.269 e. The molecule has 0 aliphatic carbocycles. The normalized spacial score (nSPS) is 25.3. The molecule has 2 aromatic rings. The van der Waals surface area contributed by atoms with Crippen LogP contribution in [0.3, 0.4) is 0 Å². The average molecular weight is 529 g/mol. The number of rotatable bonds is 5. The van der Waals surface area contributed by atoms with Crippen molar-refractivity contribution in [2.45, 2.75) is 22.6 Å². The van der Waals surface area contributed by atoms with Crippen molar-refractivity contribution in [1.29, 1.82) is 0 Å². The molecule has 3 saturated heterocycles. The number of hydrogen-bond acceptors (Lipinski definition) is 7. The molecule has 4 aliphatic heterocycles. The van der Waals surface area contributed by atoms with E-state index in [2.05, 4.69) is 4.90 Å². The number of ether oxygens (including phenoxy) is 1. The summed E-state index contributed by atoms with van der Waals surface area (Å²) < 4.78 is 33.0. The lowest BCUT2D eigenvalue weighted by Crippen LogP contribution is -2.52. The highest BCUT2D eigenvalue weighted by atomic mass is 32.2. The summed E-state index contributed by atoms with van der Waals surface area (Å²) in [5, 5.41) is 0. The lowest BCUT2D eigenvalue weighted by molar-refractivity contribution is -0.124. The molecule has 4 heterocycles. The Hall–Kier alpha value is -2.44. The van der Waals surface area contributed by atoms with Crippen LogP contribution in [0.4, 0.5) is 11.4 Å². The molecule has 36 heavy (non-hydrogen) atoms. The zero-order valence-electron chi connectivity index (χ0n) is 19.8. The highest BCUT2D eigenvalue weighted by Crippen LogP contribution is 2.55. The summed E-state index contributed by atoms with van der Waals surface area (Å²) >= 11 is 1.33. The van der Waals surface area contributed by atoms with Gasteiger partial charge in [0.25, 0.3) is 5.91 Å². The van der Waals surface area contributed by atoms with Gasteiger partial charge in [-0.1, -0.05) is 18.2 Å². The number of hydrogen-bond donors (Lipinski definition) is 0. The number of benzene rings is 2. The first kappa shape index (κ1) is 23.9. The van der Waals surface area contributed by atoms with Gasteiger partial charge in [0.2, 0.25) is 20.8 Å². The van der Waals surface area contributed by atoms with Crippen LogP contribution in [0.2, 0.25) is 0 Å². The number of fused-ring (bicyclic) bond motifs is 2. The van der Waals surface area contributed by atoms with Crippen molar-refractivity contribution in [3.63, 3.8) is 0 Å². The smallest absolute Gasteiger partial charge is 0.269 e. The van der Waals surface area contributed by atoms with Crippen LogP contribution >= 0.6 is 11.8 Å². The van der Waals surface area contributed by atoms with Gasteiger partial charge in [-0.3, -0.25) is 24.3 Å². The monoisotopic (exact) mass is 528 g/mol. The van der Waals surface area contributed by atoms with Gasteiger partial charge in [0.05, 0.1) is 36.2 Å². The second kappa shape index (κ2) is 9.14. The molecule has 2 aromatic carbocycles. The standard InChI is InChI=1S/C25H28N4O5S2/c30-23-17-35-25(29(23)19-7-9-20(10-8-19)36(32,33)27-11-3-4-12-27)21-5-1-2-6-22(21)28(24(25)31)18-26-13-15-34-16-14-26/h1-2,5-10H,3-4,11-18H2. The second-order valence-electron chi connectivity index (χ2n) is 9.39. The number of nitrogens with zero attached hydrogens (tertiary/aromatic N) is 4. The van der Waals surface area contributed by atoms with Crippen LogP contribution in [-0.2, 0) is 29.2 Å². The van der Waals surface area contributed by atoms with Gasteiger partial charge >= 0.3 is 0 Å². The number of carbonyl (C=O) groups excluding carboxylic acids is 2. The van der Waals surface area contributed by atoms with Crippen LogP contribution in [-0.4, -0.2) is 81.3 Å². The van der Waals surface area contributed by atoms with Crippen molar-refractivity contribution in [3.05, 3.63) is 54.1 Å². The second-order valence-corrected chi connectivity index (χ2v) is 12.5. The molecule has 6 rings (SSSR count). The minimum absolute atomic E-state index is 0.153. The predicted octanol–water partition coefficient (Wildman–Crippen LogP) is 2.04. The van der Waals surface area contributed by atoms with Crippen LogP contribution in [0.25, 0.3) is 0 Å². The van der Waals surface area contributed by atoms with E-state index in [9.17, 15) is 18.0 Å². The summed E-state index contributed by atoms with van der Waals surface area (Å²) in [7, 11) is -3.57. The van der Waals surface area contributed by atoms with E-state index in [1.165, 1.54) is 16.1 Å². The zero-order chi connectivity index (χ0) is 24.9. The number of carbonyl (C=O) groups is 2. The molecule has 0 bridgehead atoms. The first-order valence-electron chi connectivity index (χ1n) is 12.2. The maximum atomic E-state index is 14.1. The third kappa shape index (κ3) is 3.67. The highest BCUT2D eigenvalue weighted by molar-refractivity contribution is 8.02. The Labute approximate surface area is 215 Å². The van der Waals surface area contributed by atoms with E-state index in [0.29, 0.717) is 38.7 Å². The number of sulfonamides is 1. The van der Waals surface area contributed by atoms with E-state index in [1.807, 2.05) is 24.3 Å². The third-order valence-corrected chi connectivity index (χ3v) is 10.6. The van der Waals surface area contributed by atoms with Gasteiger partial charge < -0.3 is 4.74 Å². The quantitative estimate of drug-likeness (QED) is 0.587. The molecule has 1 spiro atoms. The maximum absolute atomic E-state index is 14.1. The van der Waals surface area contributed by atoms with Crippen molar-refractivity contribution in [2.24, 2.45) is 0 Å². The Balaban J connectivity index is 1.36. The van der Waals surface area contributed by atoms with Gasteiger partial charge in [0, 0.05) is 37.4 Å². The summed E-state index contributed by atoms with van der Waals surface area (Å²) in [6, 6.07) is 14.0. The lowest BCUT2D eigenvalue weighted by atomic mass is 10.0. The summed E-state index contributed by atoms with van der Waals surface area (Å²) in [6.07, 6.45) is 1.73. The topological polar surface area (TPSA) is 90.5 Å². The van der Waals surface area contributed by atoms with Crippen molar-refractivity contribution in [2.75, 3.05) is 61.6 Å². The number of para-hydroxylation sites is 1. The molecule has 11 heteroatoms. The average Bonchev–Trinajstić information content (AvgIpc) is 3.61. The van der Waals surface area contributed by atoms with E-state index in [0.717, 1.165) is 37.2 Å². The molecular weight excluding hydrogens is 500 g/mol. The minimum Gasteiger partial charge on any atom is -0.379 e. The largest absolute Gasteiger partial charge is 0.379 e.